The summed E-state index contributed by atoms with van der Waals surface area (Å²) in [5.74, 6) is 7.04. The van der Waals surface area contributed by atoms with E-state index in [0.29, 0.717) is 11.0 Å². The number of carbonyl (C=O) groups excluding carboxylic acids is 2. The molecule has 0 bridgehead atoms. The number of imidazole rings is 1. The Bertz CT molecular complexity index is 1230. The third-order valence-electron chi connectivity index (χ3n) is 4.21. The summed E-state index contributed by atoms with van der Waals surface area (Å²) in [7, 11) is 0. The summed E-state index contributed by atoms with van der Waals surface area (Å²) in [6.07, 6.45) is 3.03. The maximum atomic E-state index is 11.7. The zero-order valence-electron chi connectivity index (χ0n) is 19.6. The average Bonchev–Trinajstić information content (AvgIpc) is 3.38. The van der Waals surface area contributed by atoms with Gasteiger partial charge in [-0.25, -0.2) is 9.78 Å². The van der Waals surface area contributed by atoms with E-state index in [4.69, 9.17) is 4.74 Å². The summed E-state index contributed by atoms with van der Waals surface area (Å²) in [6, 6.07) is 6.15. The molecule has 0 radical (unpaired) electrons. The molecular weight excluding hydrogens is 472 g/mol. The monoisotopic (exact) mass is 498 g/mol. The Kier molecular flexibility index (Phi) is 8.31. The summed E-state index contributed by atoms with van der Waals surface area (Å²) in [6.45, 7) is 9.07. The minimum Gasteiger partial charge on any atom is -0.444 e. The quantitative estimate of drug-likeness (QED) is 0.298. The van der Waals surface area contributed by atoms with Crippen LogP contribution in [0.1, 0.15) is 44.6 Å². The number of thioether (sulfide) groups is 1. The molecular formula is C23H26N6O3S2. The molecule has 178 valence electrons. The van der Waals surface area contributed by atoms with Gasteiger partial charge in [0.1, 0.15) is 5.60 Å². The van der Waals surface area contributed by atoms with E-state index in [-0.39, 0.29) is 12.5 Å². The van der Waals surface area contributed by atoms with E-state index in [9.17, 15) is 9.59 Å². The van der Waals surface area contributed by atoms with Crippen molar-refractivity contribution in [1.29, 1.82) is 0 Å². The Balaban J connectivity index is 1.61. The van der Waals surface area contributed by atoms with Crippen molar-refractivity contribution in [3.63, 3.8) is 0 Å². The number of aryl methyl sites for hydroxylation is 1. The second-order valence-corrected chi connectivity index (χ2v) is 10.4. The van der Waals surface area contributed by atoms with Crippen LogP contribution >= 0.6 is 23.1 Å². The lowest BCUT2D eigenvalue weighted by molar-refractivity contribution is -0.114. The van der Waals surface area contributed by atoms with Crippen molar-refractivity contribution >= 4 is 40.2 Å². The molecule has 2 aromatic heterocycles. The van der Waals surface area contributed by atoms with Gasteiger partial charge in [0.15, 0.2) is 10.2 Å². The maximum Gasteiger partial charge on any atom is 0.408 e. The van der Waals surface area contributed by atoms with Gasteiger partial charge in [-0.05, 0) is 56.9 Å². The minimum atomic E-state index is -0.552. The van der Waals surface area contributed by atoms with Crippen molar-refractivity contribution in [2.24, 2.45) is 0 Å². The van der Waals surface area contributed by atoms with E-state index in [1.165, 1.54) is 23.8 Å². The van der Waals surface area contributed by atoms with Gasteiger partial charge in [-0.1, -0.05) is 35.1 Å². The average molecular weight is 499 g/mol. The fourth-order valence-corrected chi connectivity index (χ4v) is 4.63. The SMILES string of the molecule is CC(=O)Nc1nnc(SCc2ccc(-n3ccnc3C#CCNC(=O)OC(C)(C)C)cc2C)s1. The number of alkyl carbamates (subject to hydrolysis) is 1. The van der Waals surface area contributed by atoms with Crippen LogP contribution in [0.3, 0.4) is 0 Å². The summed E-state index contributed by atoms with van der Waals surface area (Å²) in [4.78, 5) is 27.2. The first-order chi connectivity index (χ1) is 16.1. The first-order valence-electron chi connectivity index (χ1n) is 10.4. The van der Waals surface area contributed by atoms with Gasteiger partial charge in [0.2, 0.25) is 11.0 Å². The van der Waals surface area contributed by atoms with E-state index < -0.39 is 11.7 Å². The third-order valence-corrected chi connectivity index (χ3v) is 6.23. The van der Waals surface area contributed by atoms with Crippen molar-refractivity contribution in [2.75, 3.05) is 11.9 Å². The molecule has 0 atom stereocenters. The highest BCUT2D eigenvalue weighted by atomic mass is 32.2. The van der Waals surface area contributed by atoms with Crippen molar-refractivity contribution < 1.29 is 14.3 Å². The largest absolute Gasteiger partial charge is 0.444 e. The summed E-state index contributed by atoms with van der Waals surface area (Å²) in [5.41, 5.74) is 2.68. The Morgan fingerprint density at radius 2 is 2.06 bits per heavy atom. The number of rotatable bonds is 6. The molecule has 1 aromatic carbocycles. The molecule has 0 spiro atoms. The number of benzene rings is 1. The zero-order chi connectivity index (χ0) is 24.7. The fourth-order valence-electron chi connectivity index (χ4n) is 2.76. The number of carbonyl (C=O) groups is 2. The van der Waals surface area contributed by atoms with Crippen molar-refractivity contribution in [1.82, 2.24) is 25.1 Å². The lowest BCUT2D eigenvalue weighted by Crippen LogP contribution is -2.32. The molecule has 9 nitrogen and oxygen atoms in total. The Morgan fingerprint density at radius 3 is 2.76 bits per heavy atom. The van der Waals surface area contributed by atoms with Gasteiger partial charge in [-0.3, -0.25) is 9.36 Å². The molecule has 2 amide bonds. The van der Waals surface area contributed by atoms with Crippen LogP contribution in [0, 0.1) is 18.8 Å². The van der Waals surface area contributed by atoms with Crippen LogP contribution in [0.2, 0.25) is 0 Å². The van der Waals surface area contributed by atoms with Gasteiger partial charge >= 0.3 is 6.09 Å². The number of anilines is 1. The van der Waals surface area contributed by atoms with E-state index in [2.05, 4.69) is 56.7 Å². The highest BCUT2D eigenvalue weighted by Crippen LogP contribution is 2.29. The van der Waals surface area contributed by atoms with Crippen LogP contribution in [0.4, 0.5) is 9.93 Å². The number of aromatic nitrogens is 4. The summed E-state index contributed by atoms with van der Waals surface area (Å²) >= 11 is 2.92. The van der Waals surface area contributed by atoms with Crippen LogP contribution < -0.4 is 10.6 Å². The molecule has 0 aliphatic carbocycles. The minimum absolute atomic E-state index is 0.159. The van der Waals surface area contributed by atoms with Crippen LogP contribution in [0.15, 0.2) is 34.9 Å². The fraction of sp³-hybridized carbons (Fsp3) is 0.348. The van der Waals surface area contributed by atoms with Gasteiger partial charge in [-0.2, -0.15) is 0 Å². The van der Waals surface area contributed by atoms with Crippen LogP contribution in [0.5, 0.6) is 0 Å². The van der Waals surface area contributed by atoms with Crippen molar-refractivity contribution in [3.05, 3.63) is 47.5 Å². The molecule has 2 N–H and O–H groups in total. The van der Waals surface area contributed by atoms with E-state index in [0.717, 1.165) is 21.3 Å². The molecule has 0 unspecified atom stereocenters. The molecule has 34 heavy (non-hydrogen) atoms. The van der Waals surface area contributed by atoms with E-state index >= 15 is 0 Å². The normalized spacial score (nSPS) is 10.9. The number of amides is 2. The lowest BCUT2D eigenvalue weighted by Gasteiger charge is -2.19. The molecule has 0 saturated heterocycles. The maximum absolute atomic E-state index is 11.7. The standard InChI is InChI=1S/C23H26N6O3S2/c1-15-13-18(9-8-17(15)14-33-22-28-27-20(34-22)26-16(2)30)29-12-11-24-19(29)7-6-10-25-21(31)32-23(3,4)5/h8-9,11-13H,10,14H2,1-5H3,(H,25,31)(H,26,27,30). The van der Waals surface area contributed by atoms with Gasteiger partial charge < -0.3 is 15.4 Å². The number of nitrogens with zero attached hydrogens (tertiary/aromatic N) is 4. The number of hydrogen-bond donors (Lipinski definition) is 2. The first kappa shape index (κ1) is 25.3. The zero-order valence-corrected chi connectivity index (χ0v) is 21.3. The highest BCUT2D eigenvalue weighted by molar-refractivity contribution is 8.00. The molecule has 3 rings (SSSR count). The summed E-state index contributed by atoms with van der Waals surface area (Å²) in [5, 5.41) is 13.8. The molecule has 0 aliphatic heterocycles. The van der Waals surface area contributed by atoms with Gasteiger partial charge in [0.05, 0.1) is 6.54 Å². The molecule has 0 aliphatic rings. The summed E-state index contributed by atoms with van der Waals surface area (Å²) < 4.78 is 7.88. The smallest absolute Gasteiger partial charge is 0.408 e. The molecule has 11 heteroatoms. The van der Waals surface area contributed by atoms with Crippen LogP contribution in [-0.4, -0.2) is 43.9 Å². The highest BCUT2D eigenvalue weighted by Gasteiger charge is 2.15. The molecule has 0 saturated carbocycles. The van der Waals surface area contributed by atoms with Gasteiger partial charge in [0.25, 0.3) is 0 Å². The molecule has 2 heterocycles. The second-order valence-electron chi connectivity index (χ2n) is 8.23. The molecule has 0 fully saturated rings. The molecule has 3 aromatic rings. The van der Waals surface area contributed by atoms with Gasteiger partial charge in [0, 0.05) is 30.8 Å². The van der Waals surface area contributed by atoms with Crippen molar-refractivity contribution in [2.45, 2.75) is 50.3 Å². The number of ether oxygens (including phenoxy) is 1. The van der Waals surface area contributed by atoms with Crippen LogP contribution in [-0.2, 0) is 15.3 Å². The van der Waals surface area contributed by atoms with E-state index in [1.54, 1.807) is 38.7 Å². The first-order valence-corrected chi connectivity index (χ1v) is 12.2. The Labute approximate surface area is 206 Å². The topological polar surface area (TPSA) is 111 Å². The predicted molar refractivity (Wildman–Crippen MR) is 133 cm³/mol. The lowest BCUT2D eigenvalue weighted by atomic mass is 10.1. The van der Waals surface area contributed by atoms with Crippen LogP contribution in [0.25, 0.3) is 5.69 Å². The predicted octanol–water partition coefficient (Wildman–Crippen LogP) is 4.16. The second kappa shape index (κ2) is 11.2. The van der Waals surface area contributed by atoms with Gasteiger partial charge in [-0.15, -0.1) is 10.2 Å². The number of nitrogens with one attached hydrogen (secondary N) is 2. The van der Waals surface area contributed by atoms with Crippen molar-refractivity contribution in [3.8, 4) is 17.5 Å². The Hall–Kier alpha value is -3.36. The number of hydrogen-bond acceptors (Lipinski definition) is 8. The van der Waals surface area contributed by atoms with E-state index in [1.807, 2.05) is 16.8 Å². The third kappa shape index (κ3) is 7.60. The Morgan fingerprint density at radius 1 is 1.26 bits per heavy atom.